The summed E-state index contributed by atoms with van der Waals surface area (Å²) in [5, 5.41) is 9.85. The van der Waals surface area contributed by atoms with Crippen LogP contribution in [0.4, 0.5) is 0 Å². The quantitative estimate of drug-likeness (QED) is 0.826. The predicted molar refractivity (Wildman–Crippen MR) is 80.8 cm³/mol. The number of aryl methyl sites for hydroxylation is 1. The Kier molecular flexibility index (Phi) is 4.14. The molecule has 0 atom stereocenters. The number of phenols is 1. The Labute approximate surface area is 113 Å². The Balaban J connectivity index is 2.31. The van der Waals surface area contributed by atoms with Gasteiger partial charge in [0.05, 0.1) is 5.71 Å². The van der Waals surface area contributed by atoms with E-state index >= 15 is 0 Å². The maximum Gasteiger partial charge on any atom is 0.124 e. The number of allylic oxidation sites excluding steroid dienone is 1. The smallest absolute Gasteiger partial charge is 0.124 e. The van der Waals surface area contributed by atoms with E-state index in [9.17, 15) is 5.11 Å². The molecule has 0 aliphatic heterocycles. The van der Waals surface area contributed by atoms with Crippen LogP contribution in [0.3, 0.4) is 0 Å². The first kappa shape index (κ1) is 13.1. The lowest BCUT2D eigenvalue weighted by molar-refractivity contribution is 0.474. The summed E-state index contributed by atoms with van der Waals surface area (Å²) in [6, 6.07) is 15.4. The van der Waals surface area contributed by atoms with Crippen LogP contribution < -0.4 is 0 Å². The maximum atomic E-state index is 9.85. The lowest BCUT2D eigenvalue weighted by Gasteiger charge is -2.04. The zero-order valence-corrected chi connectivity index (χ0v) is 11.2. The van der Waals surface area contributed by atoms with Crippen LogP contribution >= 0.6 is 0 Å². The topological polar surface area (TPSA) is 32.6 Å². The first-order valence-corrected chi connectivity index (χ1v) is 6.21. The molecule has 2 aromatic rings. The molecule has 96 valence electrons. The normalized spacial score (nSPS) is 12.0. The number of aliphatic imine (C=N–C) groups is 1. The van der Waals surface area contributed by atoms with Gasteiger partial charge < -0.3 is 5.11 Å². The molecule has 0 radical (unpaired) electrons. The number of para-hydroxylation sites is 1. The fraction of sp³-hybridized carbons (Fsp3) is 0.118. The molecule has 2 rings (SSSR count). The van der Waals surface area contributed by atoms with Crippen molar-refractivity contribution in [3.63, 3.8) is 0 Å². The summed E-state index contributed by atoms with van der Waals surface area (Å²) in [6.45, 7) is 2.07. The van der Waals surface area contributed by atoms with Gasteiger partial charge in [-0.25, -0.2) is 0 Å². The summed E-state index contributed by atoms with van der Waals surface area (Å²) in [5.74, 6) is 0.248. The molecule has 0 aromatic heterocycles. The summed E-state index contributed by atoms with van der Waals surface area (Å²) >= 11 is 0. The van der Waals surface area contributed by atoms with E-state index in [1.54, 1.807) is 19.2 Å². The molecule has 2 nitrogen and oxygen atoms in total. The molecule has 0 aliphatic rings. The second-order valence-electron chi connectivity index (χ2n) is 4.32. The number of hydrogen-bond acceptors (Lipinski definition) is 2. The average molecular weight is 251 g/mol. The van der Waals surface area contributed by atoms with E-state index in [2.05, 4.69) is 24.0 Å². The molecule has 2 heteroatoms. The number of aromatic hydroxyl groups is 1. The van der Waals surface area contributed by atoms with Gasteiger partial charge in [0.25, 0.3) is 0 Å². The minimum Gasteiger partial charge on any atom is -0.507 e. The molecular weight excluding hydrogens is 234 g/mol. The summed E-state index contributed by atoms with van der Waals surface area (Å²) in [6.07, 6.45) is 3.95. The Hall–Kier alpha value is -2.35. The second-order valence-corrected chi connectivity index (χ2v) is 4.32. The van der Waals surface area contributed by atoms with Gasteiger partial charge in [-0.1, -0.05) is 42.5 Å². The van der Waals surface area contributed by atoms with Crippen LogP contribution in [0.25, 0.3) is 6.08 Å². The third-order valence-corrected chi connectivity index (χ3v) is 3.03. The molecule has 0 fully saturated rings. The van der Waals surface area contributed by atoms with Crippen molar-refractivity contribution in [3.05, 3.63) is 71.3 Å². The molecule has 0 spiro atoms. The zero-order valence-electron chi connectivity index (χ0n) is 11.2. The number of rotatable bonds is 3. The van der Waals surface area contributed by atoms with Gasteiger partial charge in [-0.05, 0) is 36.3 Å². The number of hydrogen-bond donors (Lipinski definition) is 1. The van der Waals surface area contributed by atoms with Crippen molar-refractivity contribution < 1.29 is 5.11 Å². The van der Waals surface area contributed by atoms with E-state index in [1.165, 1.54) is 5.56 Å². The SMILES string of the molecule is CN=C(/C=C\c1ccccc1C)c1ccccc1O. The van der Waals surface area contributed by atoms with Crippen molar-refractivity contribution >= 4 is 11.8 Å². The van der Waals surface area contributed by atoms with Gasteiger partial charge in [-0.3, -0.25) is 4.99 Å². The van der Waals surface area contributed by atoms with E-state index < -0.39 is 0 Å². The summed E-state index contributed by atoms with van der Waals surface area (Å²) < 4.78 is 0. The third-order valence-electron chi connectivity index (χ3n) is 3.03. The highest BCUT2D eigenvalue weighted by atomic mass is 16.3. The van der Waals surface area contributed by atoms with Crippen molar-refractivity contribution in [2.45, 2.75) is 6.92 Å². The highest BCUT2D eigenvalue weighted by Gasteiger charge is 2.04. The summed E-state index contributed by atoms with van der Waals surface area (Å²) in [4.78, 5) is 4.23. The van der Waals surface area contributed by atoms with Gasteiger partial charge in [0.1, 0.15) is 5.75 Å². The van der Waals surface area contributed by atoms with E-state index in [4.69, 9.17) is 0 Å². The Morgan fingerprint density at radius 1 is 1.05 bits per heavy atom. The molecule has 0 unspecified atom stereocenters. The Morgan fingerprint density at radius 2 is 1.74 bits per heavy atom. The maximum absolute atomic E-state index is 9.85. The third kappa shape index (κ3) is 3.10. The van der Waals surface area contributed by atoms with Crippen LogP contribution in [0.5, 0.6) is 5.75 Å². The molecule has 0 saturated heterocycles. The van der Waals surface area contributed by atoms with Gasteiger partial charge >= 0.3 is 0 Å². The van der Waals surface area contributed by atoms with Crippen LogP contribution in [0.15, 0.2) is 59.6 Å². The van der Waals surface area contributed by atoms with Crippen LogP contribution in [0.1, 0.15) is 16.7 Å². The van der Waals surface area contributed by atoms with E-state index in [1.807, 2.05) is 36.4 Å². The van der Waals surface area contributed by atoms with Gasteiger partial charge in [-0.2, -0.15) is 0 Å². The monoisotopic (exact) mass is 251 g/mol. The predicted octanol–water partition coefficient (Wildman–Crippen LogP) is 3.83. The molecule has 1 N–H and O–H groups in total. The fourth-order valence-corrected chi connectivity index (χ4v) is 1.92. The molecule has 0 bridgehead atoms. The van der Waals surface area contributed by atoms with Crippen molar-refractivity contribution in [3.8, 4) is 5.75 Å². The highest BCUT2D eigenvalue weighted by Crippen LogP contribution is 2.18. The minimum absolute atomic E-state index is 0.248. The van der Waals surface area contributed by atoms with E-state index in [-0.39, 0.29) is 5.75 Å². The molecule has 0 heterocycles. The van der Waals surface area contributed by atoms with Gasteiger partial charge in [-0.15, -0.1) is 0 Å². The van der Waals surface area contributed by atoms with Crippen LogP contribution in [0.2, 0.25) is 0 Å². The number of phenolic OH excluding ortho intramolecular Hbond substituents is 1. The Bertz CT molecular complexity index is 627. The zero-order chi connectivity index (χ0) is 13.7. The summed E-state index contributed by atoms with van der Waals surface area (Å²) in [7, 11) is 1.73. The average Bonchev–Trinajstić information content (AvgIpc) is 2.43. The second kappa shape index (κ2) is 6.01. The first-order valence-electron chi connectivity index (χ1n) is 6.21. The van der Waals surface area contributed by atoms with Crippen LogP contribution in [0, 0.1) is 6.92 Å². The molecule has 0 saturated carbocycles. The lowest BCUT2D eigenvalue weighted by atomic mass is 10.0. The van der Waals surface area contributed by atoms with Crippen molar-refractivity contribution in [1.82, 2.24) is 0 Å². The van der Waals surface area contributed by atoms with Crippen molar-refractivity contribution in [2.75, 3.05) is 7.05 Å². The molecule has 19 heavy (non-hydrogen) atoms. The molecule has 0 amide bonds. The highest BCUT2D eigenvalue weighted by molar-refractivity contribution is 6.12. The fourth-order valence-electron chi connectivity index (χ4n) is 1.92. The van der Waals surface area contributed by atoms with Gasteiger partial charge in [0.2, 0.25) is 0 Å². The van der Waals surface area contributed by atoms with E-state index in [0.29, 0.717) is 0 Å². The number of benzene rings is 2. The minimum atomic E-state index is 0.248. The molecule has 0 aliphatic carbocycles. The summed E-state index contributed by atoms with van der Waals surface area (Å²) in [5.41, 5.74) is 3.88. The van der Waals surface area contributed by atoms with Crippen molar-refractivity contribution in [2.24, 2.45) is 4.99 Å². The Morgan fingerprint density at radius 3 is 2.42 bits per heavy atom. The van der Waals surface area contributed by atoms with E-state index in [0.717, 1.165) is 16.8 Å². The molecule has 2 aromatic carbocycles. The van der Waals surface area contributed by atoms with Gasteiger partial charge in [0.15, 0.2) is 0 Å². The largest absolute Gasteiger partial charge is 0.507 e. The standard InChI is InChI=1S/C17H17NO/c1-13-7-3-4-8-14(13)11-12-16(18-2)15-9-5-6-10-17(15)19/h3-12,19H,1-2H3/b12-11-,18-16?. The molecular formula is C17H17NO. The van der Waals surface area contributed by atoms with Crippen LogP contribution in [-0.4, -0.2) is 17.9 Å². The van der Waals surface area contributed by atoms with Crippen LogP contribution in [-0.2, 0) is 0 Å². The van der Waals surface area contributed by atoms with Crippen molar-refractivity contribution in [1.29, 1.82) is 0 Å². The first-order chi connectivity index (χ1) is 9.22. The van der Waals surface area contributed by atoms with Gasteiger partial charge in [0, 0.05) is 12.6 Å². The lowest BCUT2D eigenvalue weighted by Crippen LogP contribution is -1.96. The number of nitrogens with zero attached hydrogens (tertiary/aromatic N) is 1.